The number of pyridine rings is 1. The van der Waals surface area contributed by atoms with Gasteiger partial charge in [0.05, 0.1) is 40.1 Å². The molecule has 8 nitrogen and oxygen atoms in total. The third kappa shape index (κ3) is 5.08. The van der Waals surface area contributed by atoms with Crippen LogP contribution in [0.5, 0.6) is 0 Å². The lowest BCUT2D eigenvalue weighted by Crippen LogP contribution is -2.37. The van der Waals surface area contributed by atoms with Crippen molar-refractivity contribution < 1.29 is 9.59 Å². The summed E-state index contributed by atoms with van der Waals surface area (Å²) in [6, 6.07) is 9.85. The predicted octanol–water partition coefficient (Wildman–Crippen LogP) is 4.26. The Labute approximate surface area is 218 Å². The molecule has 0 fully saturated rings. The number of aryl methyl sites for hydroxylation is 2. The van der Waals surface area contributed by atoms with Gasteiger partial charge in [-0.2, -0.15) is 5.10 Å². The Kier molecular flexibility index (Phi) is 6.71. The molecule has 4 aromatic rings. The van der Waals surface area contributed by atoms with Crippen LogP contribution >= 0.6 is 11.3 Å². The third-order valence-corrected chi connectivity index (χ3v) is 7.51. The van der Waals surface area contributed by atoms with E-state index >= 15 is 0 Å². The number of allylic oxidation sites excluding steroid dienone is 1. The average Bonchev–Trinajstić information content (AvgIpc) is 3.59. The standard InChI is InChI=1S/C28H28N6O2S/c1-18(25-16-37-17-30-25)32-26(35)19-7-10-28(11-8-19,27(29)36)12-9-20-13-24(21-14-31-34(2)15-21)33-23-6-4-3-5-22(20)23/h3-8,10,13-18H,9,11-12H2,1-2H3,(H2,29,36)(H,32,35)/t18?,28-/m0/s1. The summed E-state index contributed by atoms with van der Waals surface area (Å²) < 4.78 is 1.75. The lowest BCUT2D eigenvalue weighted by atomic mass is 9.74. The van der Waals surface area contributed by atoms with Crippen LogP contribution in [0.15, 0.2) is 77.4 Å². The van der Waals surface area contributed by atoms with E-state index in [2.05, 4.69) is 21.5 Å². The molecule has 1 aromatic carbocycles. The number of rotatable bonds is 8. The zero-order valence-electron chi connectivity index (χ0n) is 20.7. The van der Waals surface area contributed by atoms with Crippen LogP contribution in [0, 0.1) is 5.41 Å². The smallest absolute Gasteiger partial charge is 0.251 e. The molecule has 0 aliphatic heterocycles. The number of thiazole rings is 1. The summed E-state index contributed by atoms with van der Waals surface area (Å²) in [5, 5.41) is 10.2. The van der Waals surface area contributed by atoms with Crippen molar-refractivity contribution in [1.29, 1.82) is 0 Å². The van der Waals surface area contributed by atoms with Crippen molar-refractivity contribution in [1.82, 2.24) is 25.1 Å². The number of carbonyl (C=O) groups excluding carboxylic acids is 2. The minimum atomic E-state index is -0.872. The number of benzene rings is 1. The summed E-state index contributed by atoms with van der Waals surface area (Å²) in [4.78, 5) is 34.6. The van der Waals surface area contributed by atoms with E-state index in [0.29, 0.717) is 24.8 Å². The van der Waals surface area contributed by atoms with Crippen LogP contribution in [0.1, 0.15) is 37.1 Å². The number of fused-ring (bicyclic) bond motifs is 1. The van der Waals surface area contributed by atoms with Crippen molar-refractivity contribution in [2.24, 2.45) is 18.2 Å². The highest BCUT2D eigenvalue weighted by molar-refractivity contribution is 7.07. The van der Waals surface area contributed by atoms with Gasteiger partial charge < -0.3 is 11.1 Å². The highest BCUT2D eigenvalue weighted by Crippen LogP contribution is 2.36. The second-order valence-electron chi connectivity index (χ2n) is 9.41. The van der Waals surface area contributed by atoms with Crippen LogP contribution in [0.4, 0.5) is 0 Å². The Morgan fingerprint density at radius 3 is 2.81 bits per heavy atom. The molecule has 1 unspecified atom stereocenters. The molecule has 0 spiro atoms. The van der Waals surface area contributed by atoms with E-state index < -0.39 is 11.3 Å². The first-order valence-electron chi connectivity index (χ1n) is 12.1. The molecule has 0 saturated carbocycles. The maximum absolute atomic E-state index is 12.8. The lowest BCUT2D eigenvalue weighted by molar-refractivity contribution is -0.125. The topological polar surface area (TPSA) is 116 Å². The van der Waals surface area contributed by atoms with Crippen molar-refractivity contribution in [3.8, 4) is 11.3 Å². The number of nitrogens with one attached hydrogen (secondary N) is 1. The minimum absolute atomic E-state index is 0.198. The van der Waals surface area contributed by atoms with E-state index in [1.165, 1.54) is 11.3 Å². The van der Waals surface area contributed by atoms with Crippen LogP contribution in [0.25, 0.3) is 22.2 Å². The van der Waals surface area contributed by atoms with Gasteiger partial charge in [-0.3, -0.25) is 14.3 Å². The summed E-state index contributed by atoms with van der Waals surface area (Å²) in [6.45, 7) is 1.90. The molecule has 2 amide bonds. The molecule has 188 valence electrons. The highest BCUT2D eigenvalue weighted by atomic mass is 32.1. The third-order valence-electron chi connectivity index (χ3n) is 6.91. The molecule has 3 aromatic heterocycles. The number of nitrogens with zero attached hydrogens (tertiary/aromatic N) is 4. The molecular formula is C28H28N6O2S. The molecular weight excluding hydrogens is 484 g/mol. The Morgan fingerprint density at radius 2 is 2.14 bits per heavy atom. The van der Waals surface area contributed by atoms with Crippen LogP contribution in [0.3, 0.4) is 0 Å². The number of para-hydroxylation sites is 1. The Hall–Kier alpha value is -4.11. The summed E-state index contributed by atoms with van der Waals surface area (Å²) in [7, 11) is 1.87. The normalized spacial score (nSPS) is 17.9. The summed E-state index contributed by atoms with van der Waals surface area (Å²) in [5.41, 5.74) is 11.9. The van der Waals surface area contributed by atoms with Gasteiger partial charge >= 0.3 is 0 Å². The quantitative estimate of drug-likeness (QED) is 0.366. The van der Waals surface area contributed by atoms with Crippen LogP contribution in [-0.4, -0.2) is 31.6 Å². The zero-order chi connectivity index (χ0) is 26.0. The van der Waals surface area contributed by atoms with Gasteiger partial charge in [-0.05, 0) is 43.9 Å². The molecule has 3 heterocycles. The van der Waals surface area contributed by atoms with Crippen molar-refractivity contribution in [3.05, 3.63) is 88.7 Å². The number of hydrogen-bond acceptors (Lipinski definition) is 6. The SMILES string of the molecule is CC(NC(=O)C1=CC[C@@](CCc2cc(-c3cnn(C)c3)nc3ccccc23)(C(N)=O)C=C1)c1cscn1. The average molecular weight is 513 g/mol. The van der Waals surface area contributed by atoms with E-state index in [-0.39, 0.29) is 11.9 Å². The van der Waals surface area contributed by atoms with Gasteiger partial charge in [0, 0.05) is 35.1 Å². The summed E-state index contributed by atoms with van der Waals surface area (Å²) >= 11 is 1.49. The molecule has 2 atom stereocenters. The van der Waals surface area contributed by atoms with Crippen molar-refractivity contribution >= 4 is 34.1 Å². The molecule has 3 N–H and O–H groups in total. The van der Waals surface area contributed by atoms with Crippen molar-refractivity contribution in [2.45, 2.75) is 32.2 Å². The summed E-state index contributed by atoms with van der Waals surface area (Å²) in [6.07, 6.45) is 10.5. The van der Waals surface area contributed by atoms with E-state index in [1.807, 2.05) is 49.8 Å². The van der Waals surface area contributed by atoms with Gasteiger partial charge in [0.15, 0.2) is 0 Å². The number of amides is 2. The second-order valence-corrected chi connectivity index (χ2v) is 10.1. The fraction of sp³-hybridized carbons (Fsp3) is 0.250. The number of primary amides is 1. The molecule has 9 heteroatoms. The minimum Gasteiger partial charge on any atom is -0.369 e. The molecule has 0 saturated heterocycles. The maximum Gasteiger partial charge on any atom is 0.251 e. The lowest BCUT2D eigenvalue weighted by Gasteiger charge is -2.29. The van der Waals surface area contributed by atoms with E-state index in [0.717, 1.165) is 33.4 Å². The van der Waals surface area contributed by atoms with Gasteiger partial charge in [-0.15, -0.1) is 11.3 Å². The molecule has 1 aliphatic carbocycles. The van der Waals surface area contributed by atoms with Crippen molar-refractivity contribution in [2.75, 3.05) is 0 Å². The Balaban J connectivity index is 1.35. The van der Waals surface area contributed by atoms with Gasteiger partial charge in [0.25, 0.3) is 5.91 Å². The molecule has 1 aliphatic rings. The van der Waals surface area contributed by atoms with Gasteiger partial charge in [0.2, 0.25) is 5.91 Å². The number of aromatic nitrogens is 4. The predicted molar refractivity (Wildman–Crippen MR) is 144 cm³/mol. The van der Waals surface area contributed by atoms with Crippen LogP contribution < -0.4 is 11.1 Å². The summed E-state index contributed by atoms with van der Waals surface area (Å²) in [5.74, 6) is -0.600. The highest BCUT2D eigenvalue weighted by Gasteiger charge is 2.35. The first-order valence-corrected chi connectivity index (χ1v) is 13.0. The van der Waals surface area contributed by atoms with E-state index in [1.54, 1.807) is 34.6 Å². The Bertz CT molecular complexity index is 1520. The number of hydrogen-bond donors (Lipinski definition) is 2. The zero-order valence-corrected chi connectivity index (χ0v) is 21.5. The second kappa shape index (κ2) is 10.1. The van der Waals surface area contributed by atoms with Crippen molar-refractivity contribution in [3.63, 3.8) is 0 Å². The van der Waals surface area contributed by atoms with Crippen LogP contribution in [0.2, 0.25) is 0 Å². The maximum atomic E-state index is 12.8. The monoisotopic (exact) mass is 512 g/mol. The first-order chi connectivity index (χ1) is 17.8. The Morgan fingerprint density at radius 1 is 1.30 bits per heavy atom. The fourth-order valence-corrected chi connectivity index (χ4v) is 5.29. The molecule has 37 heavy (non-hydrogen) atoms. The first kappa shape index (κ1) is 24.6. The van der Waals surface area contributed by atoms with E-state index in [9.17, 15) is 9.59 Å². The van der Waals surface area contributed by atoms with Gasteiger partial charge in [0.1, 0.15) is 0 Å². The molecule has 0 radical (unpaired) electrons. The number of carbonyl (C=O) groups is 2. The molecule has 0 bridgehead atoms. The fourth-order valence-electron chi connectivity index (χ4n) is 4.64. The van der Waals surface area contributed by atoms with Crippen LogP contribution in [-0.2, 0) is 23.1 Å². The van der Waals surface area contributed by atoms with E-state index in [4.69, 9.17) is 10.7 Å². The number of nitrogens with two attached hydrogens (primary N) is 1. The largest absolute Gasteiger partial charge is 0.369 e. The molecule has 5 rings (SSSR count). The van der Waals surface area contributed by atoms with Gasteiger partial charge in [-0.1, -0.05) is 36.4 Å². The van der Waals surface area contributed by atoms with Gasteiger partial charge in [-0.25, -0.2) is 9.97 Å².